The van der Waals surface area contributed by atoms with Crippen LogP contribution in [0.3, 0.4) is 0 Å². The fraction of sp³-hybridized carbons (Fsp3) is 0.333. The SMILES string of the molecule is CCCCOc1ccc(C(=O)Nc2cccc(C(=O)OCC)c2)cc1OC. The fourth-order valence-electron chi connectivity index (χ4n) is 2.40. The van der Waals surface area contributed by atoms with E-state index in [1.165, 1.54) is 7.11 Å². The summed E-state index contributed by atoms with van der Waals surface area (Å²) in [4.78, 5) is 24.4. The molecular formula is C21H25NO5. The van der Waals surface area contributed by atoms with Crippen LogP contribution in [-0.2, 0) is 4.74 Å². The first-order valence-electron chi connectivity index (χ1n) is 8.98. The number of unbranched alkanes of at least 4 members (excludes halogenated alkanes) is 1. The van der Waals surface area contributed by atoms with Gasteiger partial charge in [-0.15, -0.1) is 0 Å². The van der Waals surface area contributed by atoms with E-state index in [4.69, 9.17) is 14.2 Å². The molecule has 0 heterocycles. The van der Waals surface area contributed by atoms with Gasteiger partial charge in [-0.1, -0.05) is 19.4 Å². The normalized spacial score (nSPS) is 10.2. The Labute approximate surface area is 159 Å². The van der Waals surface area contributed by atoms with E-state index in [2.05, 4.69) is 12.2 Å². The van der Waals surface area contributed by atoms with Gasteiger partial charge < -0.3 is 19.5 Å². The topological polar surface area (TPSA) is 73.9 Å². The molecule has 2 rings (SSSR count). The molecule has 27 heavy (non-hydrogen) atoms. The number of esters is 1. The second-order valence-electron chi connectivity index (χ2n) is 5.82. The summed E-state index contributed by atoms with van der Waals surface area (Å²) in [7, 11) is 1.53. The first kappa shape index (κ1) is 20.3. The molecule has 2 aromatic rings. The summed E-state index contributed by atoms with van der Waals surface area (Å²) < 4.78 is 16.0. The van der Waals surface area contributed by atoms with E-state index in [0.29, 0.717) is 41.5 Å². The first-order valence-corrected chi connectivity index (χ1v) is 8.98. The summed E-state index contributed by atoms with van der Waals surface area (Å²) in [5.41, 5.74) is 1.32. The number of anilines is 1. The molecule has 1 amide bonds. The molecule has 0 fully saturated rings. The monoisotopic (exact) mass is 371 g/mol. The number of amides is 1. The number of rotatable bonds is 9. The maximum atomic E-state index is 12.5. The highest BCUT2D eigenvalue weighted by atomic mass is 16.5. The van der Waals surface area contributed by atoms with Crippen LogP contribution in [0.5, 0.6) is 11.5 Å². The minimum Gasteiger partial charge on any atom is -0.493 e. The van der Waals surface area contributed by atoms with E-state index >= 15 is 0 Å². The Morgan fingerprint density at radius 2 is 1.81 bits per heavy atom. The minimum absolute atomic E-state index is 0.294. The van der Waals surface area contributed by atoms with E-state index in [0.717, 1.165) is 12.8 Å². The Morgan fingerprint density at radius 1 is 1.00 bits per heavy atom. The van der Waals surface area contributed by atoms with Crippen molar-refractivity contribution in [2.24, 2.45) is 0 Å². The number of hydrogen-bond donors (Lipinski definition) is 1. The number of nitrogens with one attached hydrogen (secondary N) is 1. The van der Waals surface area contributed by atoms with Gasteiger partial charge in [0, 0.05) is 11.3 Å². The maximum Gasteiger partial charge on any atom is 0.338 e. The molecule has 0 saturated carbocycles. The lowest BCUT2D eigenvalue weighted by Crippen LogP contribution is -2.13. The number of carbonyl (C=O) groups is 2. The summed E-state index contributed by atoms with van der Waals surface area (Å²) in [6.45, 7) is 4.72. The molecule has 2 aromatic carbocycles. The molecule has 0 bridgehead atoms. The van der Waals surface area contributed by atoms with Crippen molar-refractivity contribution in [3.63, 3.8) is 0 Å². The van der Waals surface area contributed by atoms with Crippen LogP contribution in [0.1, 0.15) is 47.4 Å². The lowest BCUT2D eigenvalue weighted by Gasteiger charge is -2.12. The largest absolute Gasteiger partial charge is 0.493 e. The molecule has 0 atom stereocenters. The minimum atomic E-state index is -0.427. The van der Waals surface area contributed by atoms with Crippen molar-refractivity contribution < 1.29 is 23.8 Å². The average Bonchev–Trinajstić information content (AvgIpc) is 2.68. The number of ether oxygens (including phenoxy) is 3. The lowest BCUT2D eigenvalue weighted by atomic mass is 10.1. The lowest BCUT2D eigenvalue weighted by molar-refractivity contribution is 0.0526. The quantitative estimate of drug-likeness (QED) is 0.525. The van der Waals surface area contributed by atoms with Gasteiger partial charge in [-0.2, -0.15) is 0 Å². The van der Waals surface area contributed by atoms with E-state index in [-0.39, 0.29) is 5.91 Å². The third kappa shape index (κ3) is 5.74. The van der Waals surface area contributed by atoms with Crippen LogP contribution in [0.25, 0.3) is 0 Å². The predicted molar refractivity (Wildman–Crippen MR) is 104 cm³/mol. The summed E-state index contributed by atoms with van der Waals surface area (Å²) in [5.74, 6) is 0.365. The highest BCUT2D eigenvalue weighted by molar-refractivity contribution is 6.05. The van der Waals surface area contributed by atoms with Crippen LogP contribution in [0.2, 0.25) is 0 Å². The van der Waals surface area contributed by atoms with Crippen molar-refractivity contribution in [3.05, 3.63) is 53.6 Å². The van der Waals surface area contributed by atoms with Crippen LogP contribution in [0, 0.1) is 0 Å². The number of methoxy groups -OCH3 is 1. The second kappa shape index (κ2) is 10.2. The van der Waals surface area contributed by atoms with Gasteiger partial charge in [0.25, 0.3) is 5.91 Å². The molecule has 6 heteroatoms. The molecule has 1 N–H and O–H groups in total. The smallest absolute Gasteiger partial charge is 0.338 e. The van der Waals surface area contributed by atoms with Gasteiger partial charge in [-0.05, 0) is 49.7 Å². The zero-order chi connectivity index (χ0) is 19.6. The summed E-state index contributed by atoms with van der Waals surface area (Å²) in [6.07, 6.45) is 1.98. The Kier molecular flexibility index (Phi) is 7.67. The highest BCUT2D eigenvalue weighted by Crippen LogP contribution is 2.28. The van der Waals surface area contributed by atoms with E-state index in [9.17, 15) is 9.59 Å². The van der Waals surface area contributed by atoms with Crippen LogP contribution in [-0.4, -0.2) is 32.2 Å². The molecule has 0 saturated heterocycles. The molecule has 0 aliphatic rings. The summed E-state index contributed by atoms with van der Waals surface area (Å²) in [5, 5.41) is 2.78. The van der Waals surface area contributed by atoms with E-state index in [1.807, 2.05) is 0 Å². The van der Waals surface area contributed by atoms with Gasteiger partial charge in [0.1, 0.15) is 0 Å². The van der Waals surface area contributed by atoms with Crippen molar-refractivity contribution in [2.45, 2.75) is 26.7 Å². The molecule has 6 nitrogen and oxygen atoms in total. The van der Waals surface area contributed by atoms with Gasteiger partial charge in [-0.25, -0.2) is 4.79 Å². The van der Waals surface area contributed by atoms with Gasteiger partial charge in [-0.3, -0.25) is 4.79 Å². The molecule has 0 spiro atoms. The van der Waals surface area contributed by atoms with E-state index < -0.39 is 5.97 Å². The van der Waals surface area contributed by atoms with Gasteiger partial charge in [0.2, 0.25) is 0 Å². The summed E-state index contributed by atoms with van der Waals surface area (Å²) in [6, 6.07) is 11.6. The highest BCUT2D eigenvalue weighted by Gasteiger charge is 2.13. The molecular weight excluding hydrogens is 346 g/mol. The zero-order valence-corrected chi connectivity index (χ0v) is 15.9. The van der Waals surface area contributed by atoms with Crippen LogP contribution >= 0.6 is 0 Å². The second-order valence-corrected chi connectivity index (χ2v) is 5.82. The first-order chi connectivity index (χ1) is 13.1. The molecule has 0 unspecified atom stereocenters. The molecule has 0 aromatic heterocycles. The fourth-order valence-corrected chi connectivity index (χ4v) is 2.40. The zero-order valence-electron chi connectivity index (χ0n) is 15.9. The standard InChI is InChI=1S/C21H25NO5/c1-4-6-12-27-18-11-10-15(14-19(18)25-3)20(23)22-17-9-7-8-16(13-17)21(24)26-5-2/h7-11,13-14H,4-6,12H2,1-3H3,(H,22,23). The van der Waals surface area contributed by atoms with Crippen LogP contribution in [0.15, 0.2) is 42.5 Å². The molecule has 0 radical (unpaired) electrons. The van der Waals surface area contributed by atoms with Crippen LogP contribution in [0.4, 0.5) is 5.69 Å². The van der Waals surface area contributed by atoms with Crippen molar-refractivity contribution in [1.82, 2.24) is 0 Å². The van der Waals surface area contributed by atoms with Gasteiger partial charge in [0.05, 0.1) is 25.9 Å². The number of carbonyl (C=O) groups excluding carboxylic acids is 2. The van der Waals surface area contributed by atoms with Crippen molar-refractivity contribution in [2.75, 3.05) is 25.6 Å². The Balaban J connectivity index is 2.11. The molecule has 0 aliphatic carbocycles. The van der Waals surface area contributed by atoms with Crippen molar-refractivity contribution in [1.29, 1.82) is 0 Å². The van der Waals surface area contributed by atoms with Gasteiger partial charge in [0.15, 0.2) is 11.5 Å². The number of hydrogen-bond acceptors (Lipinski definition) is 5. The Morgan fingerprint density at radius 3 is 2.52 bits per heavy atom. The third-order valence-electron chi connectivity index (χ3n) is 3.81. The predicted octanol–water partition coefficient (Wildman–Crippen LogP) is 4.30. The van der Waals surface area contributed by atoms with E-state index in [1.54, 1.807) is 49.4 Å². The maximum absolute atomic E-state index is 12.5. The Bertz CT molecular complexity index is 788. The van der Waals surface area contributed by atoms with Gasteiger partial charge >= 0.3 is 5.97 Å². The van der Waals surface area contributed by atoms with Crippen molar-refractivity contribution >= 4 is 17.6 Å². The third-order valence-corrected chi connectivity index (χ3v) is 3.81. The van der Waals surface area contributed by atoms with Crippen molar-refractivity contribution in [3.8, 4) is 11.5 Å². The Hall–Kier alpha value is -3.02. The summed E-state index contributed by atoms with van der Waals surface area (Å²) >= 11 is 0. The molecule has 0 aliphatic heterocycles. The van der Waals surface area contributed by atoms with Crippen LogP contribution < -0.4 is 14.8 Å². The average molecular weight is 371 g/mol. The number of benzene rings is 2. The molecule has 144 valence electrons.